The lowest BCUT2D eigenvalue weighted by Crippen LogP contribution is -2.16. The van der Waals surface area contributed by atoms with Crippen LogP contribution in [0.25, 0.3) is 0 Å². The monoisotopic (exact) mass is 333 g/mol. The van der Waals surface area contributed by atoms with E-state index in [4.69, 9.17) is 5.11 Å². The molecule has 5 heteroatoms. The summed E-state index contributed by atoms with van der Waals surface area (Å²) >= 11 is 3.21. The molecule has 2 rings (SSSR count). The zero-order valence-corrected chi connectivity index (χ0v) is 12.1. The van der Waals surface area contributed by atoms with Crippen LogP contribution >= 0.6 is 15.9 Å². The molecule has 1 amide bonds. The predicted molar refractivity (Wildman–Crippen MR) is 79.9 cm³/mol. The van der Waals surface area contributed by atoms with Crippen LogP contribution in [0.3, 0.4) is 0 Å². The van der Waals surface area contributed by atoms with E-state index < -0.39 is 5.97 Å². The van der Waals surface area contributed by atoms with Crippen molar-refractivity contribution in [2.45, 2.75) is 6.42 Å². The number of hydrogen-bond donors (Lipinski definition) is 2. The standard InChI is InChI=1S/C15H12BrNO3/c16-11-6-7-13(12(9-11)15(19)20)17-14(18)8-10-4-2-1-3-5-10/h1-7,9H,8H2,(H,17,18)(H,19,20). The second kappa shape index (κ2) is 6.34. The third kappa shape index (κ3) is 3.68. The van der Waals surface area contributed by atoms with Crippen LogP contribution in [0.15, 0.2) is 53.0 Å². The lowest BCUT2D eigenvalue weighted by atomic mass is 10.1. The lowest BCUT2D eigenvalue weighted by Gasteiger charge is -2.09. The molecule has 2 aromatic rings. The average Bonchev–Trinajstić information content (AvgIpc) is 2.41. The number of halogens is 1. The summed E-state index contributed by atoms with van der Waals surface area (Å²) in [6.07, 6.45) is 0.204. The van der Waals surface area contributed by atoms with Crippen molar-refractivity contribution in [3.63, 3.8) is 0 Å². The molecule has 102 valence electrons. The van der Waals surface area contributed by atoms with E-state index in [1.807, 2.05) is 30.3 Å². The summed E-state index contributed by atoms with van der Waals surface area (Å²) in [5.41, 5.74) is 1.22. The second-order valence-corrected chi connectivity index (χ2v) is 5.12. The first-order valence-electron chi connectivity index (χ1n) is 5.93. The molecule has 0 radical (unpaired) electrons. The minimum absolute atomic E-state index is 0.0563. The van der Waals surface area contributed by atoms with Gasteiger partial charge in [-0.05, 0) is 23.8 Å². The van der Waals surface area contributed by atoms with Gasteiger partial charge in [0.15, 0.2) is 0 Å². The lowest BCUT2D eigenvalue weighted by molar-refractivity contribution is -0.115. The van der Waals surface area contributed by atoms with Crippen molar-refractivity contribution in [1.82, 2.24) is 0 Å². The Bertz CT molecular complexity index is 641. The number of carbonyl (C=O) groups excluding carboxylic acids is 1. The summed E-state index contributed by atoms with van der Waals surface area (Å²) in [6.45, 7) is 0. The highest BCUT2D eigenvalue weighted by atomic mass is 79.9. The zero-order chi connectivity index (χ0) is 14.5. The Kier molecular flexibility index (Phi) is 4.53. The molecule has 0 saturated heterocycles. The summed E-state index contributed by atoms with van der Waals surface area (Å²) < 4.78 is 0.649. The van der Waals surface area contributed by atoms with Gasteiger partial charge in [-0.2, -0.15) is 0 Å². The largest absolute Gasteiger partial charge is 0.478 e. The Hall–Kier alpha value is -2.14. The van der Waals surface area contributed by atoms with Gasteiger partial charge in [0.25, 0.3) is 0 Å². The number of aromatic carboxylic acids is 1. The molecule has 0 unspecified atom stereocenters. The molecule has 20 heavy (non-hydrogen) atoms. The Labute approximate surface area is 124 Å². The Balaban J connectivity index is 2.14. The molecule has 2 aromatic carbocycles. The SMILES string of the molecule is O=C(Cc1ccccc1)Nc1ccc(Br)cc1C(=O)O. The van der Waals surface area contributed by atoms with E-state index in [0.717, 1.165) is 5.56 Å². The third-order valence-corrected chi connectivity index (χ3v) is 3.19. The number of anilines is 1. The van der Waals surface area contributed by atoms with Gasteiger partial charge in [0.2, 0.25) is 5.91 Å². The average molecular weight is 334 g/mol. The molecular weight excluding hydrogens is 322 g/mol. The van der Waals surface area contributed by atoms with E-state index in [1.54, 1.807) is 12.1 Å². The Morgan fingerprint density at radius 2 is 1.80 bits per heavy atom. The molecule has 4 nitrogen and oxygen atoms in total. The minimum Gasteiger partial charge on any atom is -0.478 e. The number of nitrogens with one attached hydrogen (secondary N) is 1. The molecular formula is C15H12BrNO3. The molecule has 0 atom stereocenters. The molecule has 0 aliphatic carbocycles. The number of benzene rings is 2. The van der Waals surface area contributed by atoms with E-state index in [9.17, 15) is 9.59 Å². The van der Waals surface area contributed by atoms with E-state index in [0.29, 0.717) is 10.2 Å². The van der Waals surface area contributed by atoms with Crippen LogP contribution < -0.4 is 5.32 Å². The molecule has 0 aromatic heterocycles. The molecule has 0 spiro atoms. The molecule has 0 heterocycles. The van der Waals surface area contributed by atoms with Crippen molar-refractivity contribution in [1.29, 1.82) is 0 Å². The first-order chi connectivity index (χ1) is 9.56. The number of carbonyl (C=O) groups is 2. The van der Waals surface area contributed by atoms with Crippen LogP contribution in [0.2, 0.25) is 0 Å². The molecule has 0 aliphatic rings. The molecule has 2 N–H and O–H groups in total. The van der Waals surface area contributed by atoms with Gasteiger partial charge in [0.05, 0.1) is 17.7 Å². The smallest absolute Gasteiger partial charge is 0.337 e. The van der Waals surface area contributed by atoms with Crippen molar-refractivity contribution in [2.75, 3.05) is 5.32 Å². The van der Waals surface area contributed by atoms with Crippen molar-refractivity contribution in [2.24, 2.45) is 0 Å². The van der Waals surface area contributed by atoms with E-state index in [-0.39, 0.29) is 17.9 Å². The summed E-state index contributed by atoms with van der Waals surface area (Å²) in [7, 11) is 0. The normalized spacial score (nSPS) is 10.1. The molecule has 0 fully saturated rings. The number of hydrogen-bond acceptors (Lipinski definition) is 2. The maximum atomic E-state index is 11.9. The fraction of sp³-hybridized carbons (Fsp3) is 0.0667. The van der Waals surface area contributed by atoms with Crippen molar-refractivity contribution < 1.29 is 14.7 Å². The topological polar surface area (TPSA) is 66.4 Å². The van der Waals surface area contributed by atoms with Crippen molar-refractivity contribution >= 4 is 33.5 Å². The number of carboxylic acid groups (broad SMARTS) is 1. The van der Waals surface area contributed by atoms with Crippen LogP contribution in [-0.2, 0) is 11.2 Å². The fourth-order valence-corrected chi connectivity index (χ4v) is 2.14. The quantitative estimate of drug-likeness (QED) is 0.901. The Morgan fingerprint density at radius 1 is 1.10 bits per heavy atom. The van der Waals surface area contributed by atoms with Gasteiger partial charge >= 0.3 is 5.97 Å². The van der Waals surface area contributed by atoms with Crippen LogP contribution in [0.1, 0.15) is 15.9 Å². The summed E-state index contributed by atoms with van der Waals surface area (Å²) in [5, 5.41) is 11.7. The highest BCUT2D eigenvalue weighted by Crippen LogP contribution is 2.21. The van der Waals surface area contributed by atoms with Gasteiger partial charge in [-0.3, -0.25) is 4.79 Å². The maximum absolute atomic E-state index is 11.9. The van der Waals surface area contributed by atoms with Gasteiger partial charge in [-0.15, -0.1) is 0 Å². The number of carboxylic acids is 1. The van der Waals surface area contributed by atoms with Crippen LogP contribution in [0.4, 0.5) is 5.69 Å². The van der Waals surface area contributed by atoms with E-state index in [2.05, 4.69) is 21.2 Å². The highest BCUT2D eigenvalue weighted by molar-refractivity contribution is 9.10. The van der Waals surface area contributed by atoms with Gasteiger partial charge in [-0.25, -0.2) is 4.79 Å². The highest BCUT2D eigenvalue weighted by Gasteiger charge is 2.13. The molecule has 0 bridgehead atoms. The Morgan fingerprint density at radius 3 is 2.45 bits per heavy atom. The summed E-state index contributed by atoms with van der Waals surface area (Å²) in [5.74, 6) is -1.33. The van der Waals surface area contributed by atoms with Crippen LogP contribution in [-0.4, -0.2) is 17.0 Å². The van der Waals surface area contributed by atoms with Crippen molar-refractivity contribution in [3.05, 3.63) is 64.1 Å². The molecule has 0 aliphatic heterocycles. The van der Waals surface area contributed by atoms with Crippen LogP contribution in [0.5, 0.6) is 0 Å². The summed E-state index contributed by atoms with van der Waals surface area (Å²) in [4.78, 5) is 23.1. The zero-order valence-electron chi connectivity index (χ0n) is 10.5. The number of rotatable bonds is 4. The van der Waals surface area contributed by atoms with Gasteiger partial charge in [0.1, 0.15) is 0 Å². The third-order valence-electron chi connectivity index (χ3n) is 2.69. The van der Waals surface area contributed by atoms with E-state index >= 15 is 0 Å². The predicted octanol–water partition coefficient (Wildman–Crippen LogP) is 3.33. The van der Waals surface area contributed by atoms with E-state index in [1.165, 1.54) is 6.07 Å². The molecule has 0 saturated carbocycles. The first kappa shape index (κ1) is 14.3. The van der Waals surface area contributed by atoms with Crippen molar-refractivity contribution in [3.8, 4) is 0 Å². The first-order valence-corrected chi connectivity index (χ1v) is 6.72. The van der Waals surface area contributed by atoms with Gasteiger partial charge < -0.3 is 10.4 Å². The summed E-state index contributed by atoms with van der Waals surface area (Å²) in [6, 6.07) is 14.0. The second-order valence-electron chi connectivity index (χ2n) is 4.21. The maximum Gasteiger partial charge on any atom is 0.337 e. The van der Waals surface area contributed by atoms with Crippen LogP contribution in [0, 0.1) is 0 Å². The minimum atomic E-state index is -1.08. The number of amides is 1. The van der Waals surface area contributed by atoms with Gasteiger partial charge in [0, 0.05) is 4.47 Å². The fourth-order valence-electron chi connectivity index (χ4n) is 1.78. The van der Waals surface area contributed by atoms with Gasteiger partial charge in [-0.1, -0.05) is 46.3 Å².